The van der Waals surface area contributed by atoms with E-state index in [1.54, 1.807) is 30.3 Å². The smallest absolute Gasteiger partial charge is 0.256 e. The normalized spacial score (nSPS) is 21.4. The van der Waals surface area contributed by atoms with E-state index in [0.29, 0.717) is 67.8 Å². The van der Waals surface area contributed by atoms with Crippen LogP contribution < -0.4 is 14.8 Å². The van der Waals surface area contributed by atoms with Gasteiger partial charge in [-0.15, -0.1) is 10.2 Å². The summed E-state index contributed by atoms with van der Waals surface area (Å²) in [7, 11) is 1.66. The molecule has 2 aliphatic rings. The minimum Gasteiger partial charge on any atom is -0.487 e. The van der Waals surface area contributed by atoms with Crippen molar-refractivity contribution in [1.82, 2.24) is 44.9 Å². The van der Waals surface area contributed by atoms with E-state index >= 15 is 0 Å². The van der Waals surface area contributed by atoms with Crippen LogP contribution in [-0.4, -0.2) is 116 Å². The molecule has 1 saturated heterocycles. The maximum absolute atomic E-state index is 9.69. The molecule has 0 radical (unpaired) electrons. The maximum atomic E-state index is 9.69. The zero-order valence-electron chi connectivity index (χ0n) is 30.4. The standard InChI is InChI=1S/C36H49N11O5/c1-25-20-45(21-26(2)51-25)31-8-10-32(11-9-31)47-23-33(35(42-47)50-13-5-12-49-15-14-48-4)41-36-38-18-30(19-39-36)28-6-7-29(17-37)34(16-28)52-27(3)22-46-24-40-43-44-46/h6-7,16,18-19,23-27,31-32H,5,8-15,20-22H2,1-4H3,(H,38,39,41)/t25-,26+,27-,31?,32?/m0/s1. The Hall–Kier alpha value is -4.69. The van der Waals surface area contributed by atoms with Gasteiger partial charge < -0.3 is 29.0 Å². The molecule has 1 aliphatic heterocycles. The Kier molecular flexibility index (Phi) is 13.0. The molecule has 0 unspecified atom stereocenters. The van der Waals surface area contributed by atoms with Gasteiger partial charge in [-0.25, -0.2) is 14.6 Å². The van der Waals surface area contributed by atoms with Crippen LogP contribution in [0.5, 0.6) is 11.6 Å². The van der Waals surface area contributed by atoms with E-state index in [0.717, 1.165) is 56.3 Å². The van der Waals surface area contributed by atoms with Gasteiger partial charge in [0.25, 0.3) is 5.88 Å². The van der Waals surface area contributed by atoms with Crippen molar-refractivity contribution in [3.63, 3.8) is 0 Å². The van der Waals surface area contributed by atoms with Gasteiger partial charge in [0.15, 0.2) is 0 Å². The van der Waals surface area contributed by atoms with Gasteiger partial charge in [0.05, 0.1) is 56.4 Å². The highest BCUT2D eigenvalue weighted by Crippen LogP contribution is 2.35. The number of tetrazole rings is 1. The summed E-state index contributed by atoms with van der Waals surface area (Å²) in [4.78, 5) is 11.8. The van der Waals surface area contributed by atoms with Gasteiger partial charge in [-0.2, -0.15) is 5.26 Å². The minimum atomic E-state index is -0.276. The molecule has 1 aromatic carbocycles. The summed E-state index contributed by atoms with van der Waals surface area (Å²) < 4.78 is 32.6. The second-order valence-corrected chi connectivity index (χ2v) is 13.5. The SMILES string of the molecule is COCCOCCCOc1nn(C2CCC(N3C[C@@H](C)O[C@@H](C)C3)CC2)cc1Nc1ncc(-c2ccc(C#N)c(O[C@@H](C)Cn3cnnn3)c2)cn1. The Morgan fingerprint density at radius 2 is 1.77 bits per heavy atom. The lowest BCUT2D eigenvalue weighted by atomic mass is 9.89. The second-order valence-electron chi connectivity index (χ2n) is 13.5. The monoisotopic (exact) mass is 715 g/mol. The number of anilines is 2. The van der Waals surface area contributed by atoms with Crippen LogP contribution >= 0.6 is 0 Å². The van der Waals surface area contributed by atoms with Gasteiger partial charge in [0.2, 0.25) is 5.95 Å². The lowest BCUT2D eigenvalue weighted by Gasteiger charge is -2.42. The summed E-state index contributed by atoms with van der Waals surface area (Å²) in [6.45, 7) is 10.8. The lowest BCUT2D eigenvalue weighted by Crippen LogP contribution is -2.51. The van der Waals surface area contributed by atoms with Crippen LogP contribution in [0.15, 0.2) is 43.1 Å². The van der Waals surface area contributed by atoms with Crippen molar-refractivity contribution in [3.05, 3.63) is 48.7 Å². The first kappa shape index (κ1) is 37.1. The number of rotatable bonds is 17. The third-order valence-corrected chi connectivity index (χ3v) is 9.30. The predicted octanol–water partition coefficient (Wildman–Crippen LogP) is 4.43. The highest BCUT2D eigenvalue weighted by atomic mass is 16.5. The molecule has 278 valence electrons. The summed E-state index contributed by atoms with van der Waals surface area (Å²) in [6, 6.07) is 8.45. The molecular formula is C36H49N11O5. The molecule has 52 heavy (non-hydrogen) atoms. The van der Waals surface area contributed by atoms with Crippen molar-refractivity contribution in [3.8, 4) is 28.8 Å². The number of morpholine rings is 1. The van der Waals surface area contributed by atoms with Gasteiger partial charge >= 0.3 is 0 Å². The number of methoxy groups -OCH3 is 1. The largest absolute Gasteiger partial charge is 0.487 e. The van der Waals surface area contributed by atoms with Gasteiger partial charge in [-0.1, -0.05) is 6.07 Å². The van der Waals surface area contributed by atoms with Crippen molar-refractivity contribution in [2.75, 3.05) is 51.9 Å². The Balaban J connectivity index is 1.12. The molecule has 0 spiro atoms. The van der Waals surface area contributed by atoms with Crippen molar-refractivity contribution < 1.29 is 23.7 Å². The fourth-order valence-electron chi connectivity index (χ4n) is 6.87. The molecule has 3 aromatic heterocycles. The average molecular weight is 716 g/mol. The molecule has 0 amide bonds. The highest BCUT2D eigenvalue weighted by molar-refractivity contribution is 5.67. The number of benzene rings is 1. The van der Waals surface area contributed by atoms with Crippen molar-refractivity contribution in [1.29, 1.82) is 5.26 Å². The number of nitrogens with one attached hydrogen (secondary N) is 1. The zero-order chi connectivity index (χ0) is 36.3. The van der Waals surface area contributed by atoms with Crippen LogP contribution in [0.2, 0.25) is 0 Å². The summed E-state index contributed by atoms with van der Waals surface area (Å²) in [5.41, 5.74) is 2.72. The lowest BCUT2D eigenvalue weighted by molar-refractivity contribution is -0.0852. The maximum Gasteiger partial charge on any atom is 0.256 e. The second kappa shape index (κ2) is 18.2. The molecule has 4 aromatic rings. The molecule has 1 saturated carbocycles. The van der Waals surface area contributed by atoms with Gasteiger partial charge in [0, 0.05) is 57.2 Å². The van der Waals surface area contributed by atoms with Gasteiger partial charge in [-0.05, 0) is 74.6 Å². The van der Waals surface area contributed by atoms with Crippen LogP contribution in [0.3, 0.4) is 0 Å². The van der Waals surface area contributed by atoms with Crippen molar-refractivity contribution in [2.24, 2.45) is 0 Å². The molecule has 16 nitrogen and oxygen atoms in total. The number of hydrogen-bond acceptors (Lipinski definition) is 14. The fourth-order valence-corrected chi connectivity index (χ4v) is 6.87. The molecule has 3 atom stereocenters. The van der Waals surface area contributed by atoms with Gasteiger partial charge in [0.1, 0.15) is 29.9 Å². The van der Waals surface area contributed by atoms with Crippen LogP contribution in [0, 0.1) is 11.3 Å². The highest BCUT2D eigenvalue weighted by Gasteiger charge is 2.32. The van der Waals surface area contributed by atoms with E-state index in [-0.39, 0.29) is 24.4 Å². The Morgan fingerprint density at radius 1 is 1.00 bits per heavy atom. The van der Waals surface area contributed by atoms with E-state index in [1.165, 1.54) is 6.33 Å². The Morgan fingerprint density at radius 3 is 2.48 bits per heavy atom. The number of nitrogens with zero attached hydrogens (tertiary/aromatic N) is 10. The van der Waals surface area contributed by atoms with E-state index in [2.05, 4.69) is 55.6 Å². The van der Waals surface area contributed by atoms with Crippen LogP contribution in [-0.2, 0) is 20.8 Å². The third-order valence-electron chi connectivity index (χ3n) is 9.30. The van der Waals surface area contributed by atoms with E-state index in [9.17, 15) is 5.26 Å². The topological polar surface area (TPSA) is 172 Å². The van der Waals surface area contributed by atoms with Crippen LogP contribution in [0.4, 0.5) is 11.6 Å². The Bertz CT molecular complexity index is 1710. The third kappa shape index (κ3) is 10.0. The summed E-state index contributed by atoms with van der Waals surface area (Å²) in [5, 5.41) is 29.1. The molecule has 1 N–H and O–H groups in total. The first-order chi connectivity index (χ1) is 25.4. The van der Waals surface area contributed by atoms with Crippen molar-refractivity contribution in [2.45, 2.75) is 89.8 Å². The average Bonchev–Trinajstić information content (AvgIpc) is 3.81. The summed E-state index contributed by atoms with van der Waals surface area (Å²) in [5.74, 6) is 1.38. The first-order valence-electron chi connectivity index (χ1n) is 18.1. The fraction of sp³-hybridized carbons (Fsp3) is 0.583. The number of aromatic nitrogens is 8. The zero-order valence-corrected chi connectivity index (χ0v) is 30.4. The van der Waals surface area contributed by atoms with Crippen LogP contribution in [0.1, 0.15) is 64.5 Å². The number of ether oxygens (including phenoxy) is 5. The van der Waals surface area contributed by atoms with Gasteiger partial charge in [-0.3, -0.25) is 9.58 Å². The Labute approximate surface area is 304 Å². The number of hydrogen-bond donors (Lipinski definition) is 1. The minimum absolute atomic E-state index is 0.266. The molecule has 6 rings (SSSR count). The molecule has 2 fully saturated rings. The molecule has 1 aliphatic carbocycles. The molecule has 4 heterocycles. The summed E-state index contributed by atoms with van der Waals surface area (Å²) >= 11 is 0. The van der Waals surface area contributed by atoms with Crippen LogP contribution in [0.25, 0.3) is 11.1 Å². The number of nitriles is 1. The van der Waals surface area contributed by atoms with E-state index in [1.807, 2.05) is 29.9 Å². The quantitative estimate of drug-likeness (QED) is 0.152. The first-order valence-corrected chi connectivity index (χ1v) is 18.1. The molecular weight excluding hydrogens is 666 g/mol. The molecule has 0 bridgehead atoms. The van der Waals surface area contributed by atoms with E-state index in [4.69, 9.17) is 28.8 Å². The van der Waals surface area contributed by atoms with Crippen molar-refractivity contribution >= 4 is 11.6 Å². The molecule has 16 heteroatoms. The van der Waals surface area contributed by atoms with E-state index < -0.39 is 0 Å². The summed E-state index contributed by atoms with van der Waals surface area (Å²) in [6.07, 6.45) is 12.3. The predicted molar refractivity (Wildman–Crippen MR) is 191 cm³/mol.